The van der Waals surface area contributed by atoms with Crippen molar-refractivity contribution in [1.82, 2.24) is 0 Å². The van der Waals surface area contributed by atoms with Crippen LogP contribution < -0.4 is 5.73 Å². The predicted molar refractivity (Wildman–Crippen MR) is 109 cm³/mol. The number of rotatable bonds is 7. The highest BCUT2D eigenvalue weighted by Crippen LogP contribution is 2.42. The van der Waals surface area contributed by atoms with Crippen LogP contribution in [0.25, 0.3) is 0 Å². The minimum atomic E-state index is -2.52. The number of hydrogen-bond acceptors (Lipinski definition) is 12. The van der Waals surface area contributed by atoms with Crippen molar-refractivity contribution in [3.8, 4) is 0 Å². The van der Waals surface area contributed by atoms with Gasteiger partial charge in [0.15, 0.2) is 12.2 Å². The van der Waals surface area contributed by atoms with E-state index in [0.717, 1.165) is 27.7 Å². The average Bonchev–Trinajstić information content (AvgIpc) is 2.70. The molecule has 0 aliphatic carbocycles. The Hall–Kier alpha value is -3.22. The van der Waals surface area contributed by atoms with Gasteiger partial charge in [0.1, 0.15) is 12.7 Å². The smallest absolute Gasteiger partial charge is 0.303 e. The van der Waals surface area contributed by atoms with E-state index in [2.05, 4.69) is 0 Å². The summed E-state index contributed by atoms with van der Waals surface area (Å²) in [6, 6.07) is 4.14. The van der Waals surface area contributed by atoms with Gasteiger partial charge in [-0.1, -0.05) is 12.1 Å². The second kappa shape index (κ2) is 10.6. The molecule has 12 heteroatoms. The van der Waals surface area contributed by atoms with Crippen LogP contribution in [0.1, 0.15) is 38.8 Å². The third kappa shape index (κ3) is 6.18. The van der Waals surface area contributed by atoms with E-state index >= 15 is 0 Å². The maximum absolute atomic E-state index is 11.9. The monoisotopic (exact) mass is 469 g/mol. The zero-order chi connectivity index (χ0) is 24.9. The quantitative estimate of drug-likeness (QED) is 0.269. The van der Waals surface area contributed by atoms with Crippen molar-refractivity contribution < 1.29 is 53.1 Å². The molecule has 1 aliphatic heterocycles. The fraction of sp³-hybridized carbons (Fsp3) is 0.524. The summed E-state index contributed by atoms with van der Waals surface area (Å²) in [5, 5.41) is 21.0. The summed E-state index contributed by atoms with van der Waals surface area (Å²) in [5.41, 5.74) is 6.36. The van der Waals surface area contributed by atoms with Crippen LogP contribution in [-0.2, 0) is 55.3 Å². The molecule has 0 unspecified atom stereocenters. The number of benzene rings is 1. The molecule has 1 fully saturated rings. The SMILES string of the molecule is CC(=O)OC[C@H]1O[C@](O)(c2ccc(CO)cc2N)[C@H](OC(C)=O)[C@@H](OC(C)=O)[C@H]1OC(C)=O. The number of aliphatic hydroxyl groups excluding tert-OH is 1. The largest absolute Gasteiger partial charge is 0.463 e. The van der Waals surface area contributed by atoms with Crippen molar-refractivity contribution in [2.75, 3.05) is 12.3 Å². The molecule has 1 aromatic rings. The first kappa shape index (κ1) is 26.0. The molecular formula is C21H27NO11. The molecule has 2 rings (SSSR count). The van der Waals surface area contributed by atoms with Gasteiger partial charge in [-0.05, 0) is 11.6 Å². The van der Waals surface area contributed by atoms with Crippen molar-refractivity contribution in [2.45, 2.75) is 64.5 Å². The highest BCUT2D eigenvalue weighted by atomic mass is 16.7. The van der Waals surface area contributed by atoms with Crippen molar-refractivity contribution in [2.24, 2.45) is 0 Å². The molecule has 4 N–H and O–H groups in total. The Bertz CT molecular complexity index is 917. The van der Waals surface area contributed by atoms with Crippen LogP contribution in [0.4, 0.5) is 5.69 Å². The zero-order valence-corrected chi connectivity index (χ0v) is 18.6. The summed E-state index contributed by atoms with van der Waals surface area (Å²) < 4.78 is 26.6. The van der Waals surface area contributed by atoms with E-state index in [-0.39, 0.29) is 17.9 Å². The van der Waals surface area contributed by atoms with E-state index in [1.165, 1.54) is 18.2 Å². The topological polar surface area (TPSA) is 181 Å². The van der Waals surface area contributed by atoms with Crippen LogP contribution in [0, 0.1) is 0 Å². The Labute approximate surface area is 189 Å². The number of aliphatic hydroxyl groups is 2. The lowest BCUT2D eigenvalue weighted by Crippen LogP contribution is -2.66. The van der Waals surface area contributed by atoms with Gasteiger partial charge in [-0.25, -0.2) is 0 Å². The maximum atomic E-state index is 11.9. The number of nitrogen functional groups attached to an aromatic ring is 1. The van der Waals surface area contributed by atoms with Gasteiger partial charge in [0.05, 0.1) is 6.61 Å². The summed E-state index contributed by atoms with van der Waals surface area (Å²) in [7, 11) is 0. The molecule has 5 atom stereocenters. The number of esters is 4. The highest BCUT2D eigenvalue weighted by Gasteiger charge is 2.60. The second-order valence-electron chi connectivity index (χ2n) is 7.41. The Morgan fingerprint density at radius 2 is 1.55 bits per heavy atom. The fourth-order valence-corrected chi connectivity index (χ4v) is 3.53. The zero-order valence-electron chi connectivity index (χ0n) is 18.6. The van der Waals surface area contributed by atoms with Crippen LogP contribution in [0.2, 0.25) is 0 Å². The maximum Gasteiger partial charge on any atom is 0.303 e. The molecule has 0 spiro atoms. The van der Waals surface area contributed by atoms with Crippen LogP contribution in [-0.4, -0.2) is 65.1 Å². The molecule has 33 heavy (non-hydrogen) atoms. The van der Waals surface area contributed by atoms with Crippen molar-refractivity contribution in [3.63, 3.8) is 0 Å². The summed E-state index contributed by atoms with van der Waals surface area (Å²) >= 11 is 0. The lowest BCUT2D eigenvalue weighted by molar-refractivity contribution is -0.359. The molecule has 12 nitrogen and oxygen atoms in total. The normalized spacial score (nSPS) is 26.7. The third-order valence-electron chi connectivity index (χ3n) is 4.74. The Balaban J connectivity index is 2.68. The number of nitrogens with two attached hydrogens (primary N) is 1. The van der Waals surface area contributed by atoms with Gasteiger partial charge in [0.2, 0.25) is 11.9 Å². The molecule has 0 saturated carbocycles. The lowest BCUT2D eigenvalue weighted by Gasteiger charge is -2.48. The molecule has 1 saturated heterocycles. The molecule has 1 heterocycles. The van der Waals surface area contributed by atoms with E-state index in [1.807, 2.05) is 0 Å². The number of carbonyl (C=O) groups excluding carboxylic acids is 4. The van der Waals surface area contributed by atoms with Crippen molar-refractivity contribution in [3.05, 3.63) is 29.3 Å². The van der Waals surface area contributed by atoms with E-state index in [9.17, 15) is 29.4 Å². The second-order valence-corrected chi connectivity index (χ2v) is 7.41. The molecule has 0 amide bonds. The van der Waals surface area contributed by atoms with Crippen molar-refractivity contribution >= 4 is 29.6 Å². The van der Waals surface area contributed by atoms with Gasteiger partial charge in [0.25, 0.3) is 0 Å². The standard InChI is InChI=1S/C21H27NO11/c1-10(24)29-9-17-18(30-11(2)25)19(31-12(3)26)20(32-13(4)27)21(28,33-17)15-6-5-14(8-23)7-16(15)22/h5-7,17-20,23,28H,8-9,22H2,1-4H3/t17-,18+,19+,20-,21-/m1/s1. The molecule has 1 aromatic carbocycles. The highest BCUT2D eigenvalue weighted by molar-refractivity contribution is 5.69. The van der Waals surface area contributed by atoms with Gasteiger partial charge in [-0.3, -0.25) is 19.2 Å². The summed E-state index contributed by atoms with van der Waals surface area (Å²) in [5.74, 6) is -5.72. The van der Waals surface area contributed by atoms with Crippen LogP contribution >= 0.6 is 0 Å². The number of anilines is 1. The van der Waals surface area contributed by atoms with Crippen LogP contribution in [0.5, 0.6) is 0 Å². The van der Waals surface area contributed by atoms with Gasteiger partial charge >= 0.3 is 23.9 Å². The van der Waals surface area contributed by atoms with Gasteiger partial charge in [-0.2, -0.15) is 0 Å². The van der Waals surface area contributed by atoms with Gasteiger partial charge in [0, 0.05) is 38.9 Å². The van der Waals surface area contributed by atoms with Gasteiger partial charge < -0.3 is 39.6 Å². The molecule has 182 valence electrons. The summed E-state index contributed by atoms with van der Waals surface area (Å²) in [6.45, 7) is 3.49. The fourth-order valence-electron chi connectivity index (χ4n) is 3.53. The first-order chi connectivity index (χ1) is 15.4. The Morgan fingerprint density at radius 3 is 2.03 bits per heavy atom. The summed E-state index contributed by atoms with van der Waals surface area (Å²) in [4.78, 5) is 47.0. The predicted octanol–water partition coefficient (Wildman–Crippen LogP) is -0.337. The molecule has 0 radical (unpaired) electrons. The Kier molecular flexibility index (Phi) is 8.36. The average molecular weight is 469 g/mol. The van der Waals surface area contributed by atoms with Crippen LogP contribution in [0.15, 0.2) is 18.2 Å². The van der Waals surface area contributed by atoms with Gasteiger partial charge in [-0.15, -0.1) is 0 Å². The van der Waals surface area contributed by atoms with Crippen molar-refractivity contribution in [1.29, 1.82) is 0 Å². The number of hydrogen-bond donors (Lipinski definition) is 3. The first-order valence-electron chi connectivity index (χ1n) is 9.94. The molecule has 0 bridgehead atoms. The third-order valence-corrected chi connectivity index (χ3v) is 4.74. The minimum Gasteiger partial charge on any atom is -0.463 e. The lowest BCUT2D eigenvalue weighted by atomic mass is 9.86. The van der Waals surface area contributed by atoms with E-state index < -0.39 is 60.7 Å². The van der Waals surface area contributed by atoms with Crippen LogP contribution in [0.3, 0.4) is 0 Å². The molecule has 1 aliphatic rings. The summed E-state index contributed by atoms with van der Waals surface area (Å²) in [6.07, 6.45) is -6.07. The number of ether oxygens (including phenoxy) is 5. The Morgan fingerprint density at radius 1 is 0.970 bits per heavy atom. The minimum absolute atomic E-state index is 0.0417. The molecule has 0 aromatic heterocycles. The van der Waals surface area contributed by atoms with E-state index in [0.29, 0.717) is 5.56 Å². The molecular weight excluding hydrogens is 442 g/mol. The van der Waals surface area contributed by atoms with E-state index in [1.54, 1.807) is 0 Å². The first-order valence-corrected chi connectivity index (χ1v) is 9.94. The van der Waals surface area contributed by atoms with E-state index in [4.69, 9.17) is 29.4 Å². The number of carbonyl (C=O) groups is 4.